The Labute approximate surface area is 240 Å². The summed E-state index contributed by atoms with van der Waals surface area (Å²) < 4.78 is 24.7. The van der Waals surface area contributed by atoms with Gasteiger partial charge in [0, 0.05) is 31.1 Å². The van der Waals surface area contributed by atoms with Crippen molar-refractivity contribution in [3.63, 3.8) is 0 Å². The first kappa shape index (κ1) is 26.1. The molecule has 2 aromatic heterocycles. The standard InChI is InChI=1S/C31H29ClFN5O3/c1-18-30-35-29-20(13-19-5-7-22(32)15-24(19)33)3-2-4-26(29)37(30)11-10-36(18)17-28-34-25-8-6-21(31(39)40)14-27(25)38(28)16-23-9-12-41-23/h2-8,14-15,18,23H,9-13,16-17H2,1H3,(H,39,40)/t18-,23-/m0/s1. The van der Waals surface area contributed by atoms with Crippen LogP contribution in [0.25, 0.3) is 22.1 Å². The minimum Gasteiger partial charge on any atom is -0.478 e. The van der Waals surface area contributed by atoms with E-state index in [1.165, 1.54) is 6.07 Å². The number of fused-ring (bicyclic) bond motifs is 4. The summed E-state index contributed by atoms with van der Waals surface area (Å²) in [5.41, 5.74) is 5.33. The fourth-order valence-electron chi connectivity index (χ4n) is 6.04. The third-order valence-corrected chi connectivity index (χ3v) is 8.65. The molecule has 210 valence electrons. The molecule has 0 spiro atoms. The second-order valence-electron chi connectivity index (χ2n) is 10.9. The molecule has 0 amide bonds. The number of rotatable bonds is 7. The highest BCUT2D eigenvalue weighted by atomic mass is 35.5. The summed E-state index contributed by atoms with van der Waals surface area (Å²) in [5.74, 6) is 0.577. The molecule has 0 unspecified atom stereocenters. The molecule has 0 radical (unpaired) electrons. The Balaban J connectivity index is 1.21. The first-order chi connectivity index (χ1) is 19.9. The SMILES string of the molecule is C[C@H]1c2nc3c(Cc4ccc(Cl)cc4F)cccc3n2CCN1Cc1nc2ccc(C(=O)O)cc2n1C[C@@H]1CCO1. The monoisotopic (exact) mass is 573 g/mol. The minimum absolute atomic E-state index is 0.0130. The highest BCUT2D eigenvalue weighted by Gasteiger charge is 2.30. The fourth-order valence-corrected chi connectivity index (χ4v) is 6.19. The van der Waals surface area contributed by atoms with Crippen molar-refractivity contribution in [3.05, 3.63) is 93.8 Å². The number of carboxylic acids is 1. The number of nitrogens with zero attached hydrogens (tertiary/aromatic N) is 5. The van der Waals surface area contributed by atoms with Crippen LogP contribution < -0.4 is 0 Å². The molecule has 7 rings (SSSR count). The van der Waals surface area contributed by atoms with Gasteiger partial charge in [-0.15, -0.1) is 0 Å². The van der Waals surface area contributed by atoms with E-state index in [4.69, 9.17) is 26.3 Å². The second kappa shape index (κ2) is 10.2. The summed E-state index contributed by atoms with van der Waals surface area (Å²) in [6.07, 6.45) is 1.51. The molecule has 3 aromatic carbocycles. The van der Waals surface area contributed by atoms with Gasteiger partial charge in [-0.05, 0) is 60.9 Å². The van der Waals surface area contributed by atoms with E-state index < -0.39 is 5.97 Å². The maximum atomic E-state index is 14.6. The zero-order valence-corrected chi connectivity index (χ0v) is 23.3. The minimum atomic E-state index is -0.956. The predicted molar refractivity (Wildman–Crippen MR) is 154 cm³/mol. The van der Waals surface area contributed by atoms with Gasteiger partial charge in [0.15, 0.2) is 0 Å². The van der Waals surface area contributed by atoms with Crippen LogP contribution in [0.15, 0.2) is 54.6 Å². The van der Waals surface area contributed by atoms with E-state index in [1.54, 1.807) is 30.3 Å². The van der Waals surface area contributed by atoms with Crippen molar-refractivity contribution in [2.24, 2.45) is 0 Å². The van der Waals surface area contributed by atoms with Crippen LogP contribution in [0.3, 0.4) is 0 Å². The van der Waals surface area contributed by atoms with Gasteiger partial charge in [-0.2, -0.15) is 0 Å². The van der Waals surface area contributed by atoms with Crippen LogP contribution in [-0.4, -0.2) is 54.3 Å². The van der Waals surface area contributed by atoms with Crippen molar-refractivity contribution in [3.8, 4) is 0 Å². The van der Waals surface area contributed by atoms with E-state index in [-0.39, 0.29) is 23.5 Å². The number of aromatic nitrogens is 4. The van der Waals surface area contributed by atoms with Crippen molar-refractivity contribution in [1.82, 2.24) is 24.0 Å². The summed E-state index contributed by atoms with van der Waals surface area (Å²) >= 11 is 5.96. The molecule has 8 nitrogen and oxygen atoms in total. The molecule has 1 fully saturated rings. The maximum absolute atomic E-state index is 14.6. The summed E-state index contributed by atoms with van der Waals surface area (Å²) in [6.45, 7) is 5.71. The lowest BCUT2D eigenvalue weighted by Gasteiger charge is -2.34. The Morgan fingerprint density at radius 1 is 1.10 bits per heavy atom. The molecule has 10 heteroatoms. The number of imidazole rings is 2. The summed E-state index contributed by atoms with van der Waals surface area (Å²) in [4.78, 5) is 24.0. The number of carboxylic acid groups (broad SMARTS) is 1. The van der Waals surface area contributed by atoms with Gasteiger partial charge in [0.05, 0.1) is 52.9 Å². The lowest BCUT2D eigenvalue weighted by atomic mass is 10.0. The number of para-hydroxylation sites is 1. The maximum Gasteiger partial charge on any atom is 0.335 e. The Hall–Kier alpha value is -3.79. The molecule has 4 heterocycles. The van der Waals surface area contributed by atoms with Gasteiger partial charge < -0.3 is 19.0 Å². The van der Waals surface area contributed by atoms with Gasteiger partial charge in [-0.1, -0.05) is 29.8 Å². The van der Waals surface area contributed by atoms with Gasteiger partial charge in [-0.3, -0.25) is 4.90 Å². The first-order valence-corrected chi connectivity index (χ1v) is 14.2. The van der Waals surface area contributed by atoms with Crippen molar-refractivity contribution in [2.45, 2.75) is 51.5 Å². The van der Waals surface area contributed by atoms with Crippen molar-refractivity contribution in [1.29, 1.82) is 0 Å². The molecule has 2 aliphatic rings. The number of hydrogen-bond donors (Lipinski definition) is 1. The van der Waals surface area contributed by atoms with Crippen LogP contribution in [-0.2, 0) is 30.8 Å². The number of hydrogen-bond acceptors (Lipinski definition) is 5. The Morgan fingerprint density at radius 2 is 1.95 bits per heavy atom. The molecule has 1 N–H and O–H groups in total. The van der Waals surface area contributed by atoms with E-state index in [9.17, 15) is 14.3 Å². The molecular formula is C31H29ClFN5O3. The molecule has 2 aliphatic heterocycles. The van der Waals surface area contributed by atoms with Crippen LogP contribution in [0.4, 0.5) is 4.39 Å². The number of benzene rings is 3. The summed E-state index contributed by atoms with van der Waals surface area (Å²) in [6, 6.07) is 16.0. The largest absolute Gasteiger partial charge is 0.478 e. The van der Waals surface area contributed by atoms with Crippen LogP contribution in [0.1, 0.15) is 52.5 Å². The zero-order chi connectivity index (χ0) is 28.2. The average molecular weight is 574 g/mol. The van der Waals surface area contributed by atoms with E-state index in [0.29, 0.717) is 30.1 Å². The van der Waals surface area contributed by atoms with Crippen molar-refractivity contribution < 1.29 is 19.0 Å². The Morgan fingerprint density at radius 3 is 2.71 bits per heavy atom. The van der Waals surface area contributed by atoms with Crippen molar-refractivity contribution in [2.75, 3.05) is 13.2 Å². The topological polar surface area (TPSA) is 85.4 Å². The lowest BCUT2D eigenvalue weighted by molar-refractivity contribution is -0.0592. The second-order valence-corrected chi connectivity index (χ2v) is 11.3. The van der Waals surface area contributed by atoms with Crippen LogP contribution in [0.2, 0.25) is 5.02 Å². The molecule has 0 aliphatic carbocycles. The molecule has 0 bridgehead atoms. The number of ether oxygens (including phenoxy) is 1. The fraction of sp³-hybridized carbons (Fsp3) is 0.323. The zero-order valence-electron chi connectivity index (χ0n) is 22.6. The predicted octanol–water partition coefficient (Wildman–Crippen LogP) is 5.83. The normalized spacial score (nSPS) is 19.0. The quantitative estimate of drug-likeness (QED) is 0.264. The van der Waals surface area contributed by atoms with Crippen LogP contribution in [0.5, 0.6) is 0 Å². The van der Waals surface area contributed by atoms with E-state index >= 15 is 0 Å². The van der Waals surface area contributed by atoms with Gasteiger partial charge in [0.1, 0.15) is 17.5 Å². The Kier molecular flexibility index (Phi) is 6.53. The molecule has 0 saturated carbocycles. The van der Waals surface area contributed by atoms with E-state index in [0.717, 1.165) is 65.4 Å². The smallest absolute Gasteiger partial charge is 0.335 e. The van der Waals surface area contributed by atoms with Gasteiger partial charge in [-0.25, -0.2) is 19.2 Å². The average Bonchev–Trinajstić information content (AvgIpc) is 3.48. The number of carbonyl (C=O) groups is 1. The Bertz CT molecular complexity index is 1810. The molecular weight excluding hydrogens is 545 g/mol. The van der Waals surface area contributed by atoms with Gasteiger partial charge >= 0.3 is 5.97 Å². The summed E-state index contributed by atoms with van der Waals surface area (Å²) in [7, 11) is 0. The molecule has 41 heavy (non-hydrogen) atoms. The van der Waals surface area contributed by atoms with Gasteiger partial charge in [0.2, 0.25) is 0 Å². The summed E-state index contributed by atoms with van der Waals surface area (Å²) in [5, 5.41) is 9.94. The van der Waals surface area contributed by atoms with E-state index in [1.807, 2.05) is 12.1 Å². The number of aromatic carboxylic acids is 1. The third-order valence-electron chi connectivity index (χ3n) is 8.42. The van der Waals surface area contributed by atoms with E-state index in [2.05, 4.69) is 27.0 Å². The highest BCUT2D eigenvalue weighted by molar-refractivity contribution is 6.30. The number of halogens is 2. The lowest BCUT2D eigenvalue weighted by Crippen LogP contribution is -2.38. The van der Waals surface area contributed by atoms with Crippen LogP contribution in [0, 0.1) is 5.82 Å². The van der Waals surface area contributed by atoms with Crippen LogP contribution >= 0.6 is 11.6 Å². The highest BCUT2D eigenvalue weighted by Crippen LogP contribution is 2.33. The molecule has 5 aromatic rings. The third kappa shape index (κ3) is 4.67. The molecule has 2 atom stereocenters. The first-order valence-electron chi connectivity index (χ1n) is 13.9. The molecule has 1 saturated heterocycles. The van der Waals surface area contributed by atoms with Gasteiger partial charge in [0.25, 0.3) is 0 Å². The van der Waals surface area contributed by atoms with Crippen molar-refractivity contribution >= 4 is 39.6 Å².